The lowest BCUT2D eigenvalue weighted by atomic mass is 9.90. The van der Waals surface area contributed by atoms with Crippen molar-refractivity contribution in [3.8, 4) is 0 Å². The molecule has 0 aromatic heterocycles. The van der Waals surface area contributed by atoms with E-state index in [-0.39, 0.29) is 24.6 Å². The van der Waals surface area contributed by atoms with Crippen LogP contribution < -0.4 is 5.73 Å². The number of hydrogen-bond donors (Lipinski definition) is 2. The van der Waals surface area contributed by atoms with Crippen molar-refractivity contribution in [2.75, 3.05) is 6.54 Å². The van der Waals surface area contributed by atoms with Gasteiger partial charge in [0.15, 0.2) is 0 Å². The van der Waals surface area contributed by atoms with Gasteiger partial charge in [-0.15, -0.1) is 0 Å². The number of nitrogens with zero attached hydrogens (tertiary/aromatic N) is 1. The van der Waals surface area contributed by atoms with Crippen molar-refractivity contribution in [3.05, 3.63) is 0 Å². The lowest BCUT2D eigenvalue weighted by Crippen LogP contribution is -2.46. The van der Waals surface area contributed by atoms with Crippen molar-refractivity contribution in [3.63, 3.8) is 0 Å². The van der Waals surface area contributed by atoms with Gasteiger partial charge in [0.05, 0.1) is 0 Å². The summed E-state index contributed by atoms with van der Waals surface area (Å²) in [6.07, 6.45) is 8.41. The first-order chi connectivity index (χ1) is 11.7. The molecule has 1 amide bonds. The normalized spacial score (nSPS) is 21.0. The monoisotopic (exact) mass is 356 g/mol. The molecular formula is C19H36N2O4. The van der Waals surface area contributed by atoms with Gasteiger partial charge < -0.3 is 20.5 Å². The molecule has 0 unspecified atom stereocenters. The zero-order chi connectivity index (χ0) is 18.9. The van der Waals surface area contributed by atoms with E-state index in [1.165, 1.54) is 0 Å². The summed E-state index contributed by atoms with van der Waals surface area (Å²) in [5, 5.41) is 8.64. The van der Waals surface area contributed by atoms with Crippen LogP contribution in [0.3, 0.4) is 0 Å². The van der Waals surface area contributed by atoms with Gasteiger partial charge in [0.1, 0.15) is 5.60 Å². The van der Waals surface area contributed by atoms with E-state index < -0.39 is 11.6 Å². The van der Waals surface area contributed by atoms with Gasteiger partial charge in [-0.1, -0.05) is 19.3 Å². The van der Waals surface area contributed by atoms with E-state index in [1.807, 2.05) is 25.7 Å². The van der Waals surface area contributed by atoms with E-state index in [4.69, 9.17) is 15.6 Å². The van der Waals surface area contributed by atoms with Gasteiger partial charge in [0.2, 0.25) is 0 Å². The Balaban J connectivity index is 2.42. The first-order valence-corrected chi connectivity index (χ1v) is 9.66. The molecule has 0 aromatic carbocycles. The Morgan fingerprint density at radius 1 is 1.04 bits per heavy atom. The van der Waals surface area contributed by atoms with Crippen LogP contribution in [0, 0.1) is 0 Å². The minimum atomic E-state index is -0.730. The van der Waals surface area contributed by atoms with E-state index in [0.717, 1.165) is 57.8 Å². The van der Waals surface area contributed by atoms with Gasteiger partial charge >= 0.3 is 12.1 Å². The largest absolute Gasteiger partial charge is 0.481 e. The molecule has 0 aliphatic heterocycles. The summed E-state index contributed by atoms with van der Waals surface area (Å²) in [5.41, 5.74) is 5.50. The third-order valence-corrected chi connectivity index (χ3v) is 4.60. The molecule has 0 aromatic rings. The molecule has 1 fully saturated rings. The Bertz CT molecular complexity index is 412. The highest BCUT2D eigenvalue weighted by Crippen LogP contribution is 2.24. The molecule has 0 atom stereocenters. The van der Waals surface area contributed by atoms with Gasteiger partial charge in [0.25, 0.3) is 0 Å². The number of aliphatic carboxylic acids is 1. The van der Waals surface area contributed by atoms with Crippen molar-refractivity contribution in [1.82, 2.24) is 4.90 Å². The SMILES string of the molecule is CC(C)(C)OC(=O)N(CCCCCCCC(=O)O)C1CCC(N)CC1. The van der Waals surface area contributed by atoms with Gasteiger partial charge in [-0.05, 0) is 59.3 Å². The number of carboxylic acids is 1. The first kappa shape index (κ1) is 21.7. The first-order valence-electron chi connectivity index (χ1n) is 9.66. The van der Waals surface area contributed by atoms with Crippen molar-refractivity contribution in [1.29, 1.82) is 0 Å². The number of nitrogens with two attached hydrogens (primary N) is 1. The molecule has 0 radical (unpaired) electrons. The molecule has 0 heterocycles. The van der Waals surface area contributed by atoms with Gasteiger partial charge in [-0.2, -0.15) is 0 Å². The van der Waals surface area contributed by atoms with E-state index >= 15 is 0 Å². The molecule has 1 aliphatic rings. The Morgan fingerprint density at radius 2 is 1.60 bits per heavy atom. The van der Waals surface area contributed by atoms with Crippen LogP contribution in [0.25, 0.3) is 0 Å². The summed E-state index contributed by atoms with van der Waals surface area (Å²) < 4.78 is 5.59. The standard InChI is InChI=1S/C19H36N2O4/c1-19(2,3)25-18(24)21(16-12-10-15(20)11-13-16)14-8-6-4-5-7-9-17(22)23/h15-16H,4-14,20H2,1-3H3,(H,22,23). The number of hydrogen-bond acceptors (Lipinski definition) is 4. The van der Waals surface area contributed by atoms with Crippen LogP contribution in [0.4, 0.5) is 4.79 Å². The maximum Gasteiger partial charge on any atom is 0.410 e. The molecule has 0 spiro atoms. The van der Waals surface area contributed by atoms with Crippen LogP contribution in [0.5, 0.6) is 0 Å². The fourth-order valence-electron chi connectivity index (χ4n) is 3.25. The number of ether oxygens (including phenoxy) is 1. The third-order valence-electron chi connectivity index (χ3n) is 4.60. The molecule has 6 heteroatoms. The highest BCUT2D eigenvalue weighted by atomic mass is 16.6. The molecule has 25 heavy (non-hydrogen) atoms. The summed E-state index contributed by atoms with van der Waals surface area (Å²) in [6, 6.07) is 0.479. The summed E-state index contributed by atoms with van der Waals surface area (Å²) in [6.45, 7) is 6.38. The average molecular weight is 357 g/mol. The fourth-order valence-corrected chi connectivity index (χ4v) is 3.25. The molecule has 1 saturated carbocycles. The highest BCUT2D eigenvalue weighted by molar-refractivity contribution is 5.68. The van der Waals surface area contributed by atoms with Crippen molar-refractivity contribution < 1.29 is 19.4 Å². The number of unbranched alkanes of at least 4 members (excludes halogenated alkanes) is 4. The van der Waals surface area contributed by atoms with Crippen LogP contribution in [-0.2, 0) is 9.53 Å². The smallest absolute Gasteiger partial charge is 0.410 e. The molecule has 1 aliphatic carbocycles. The van der Waals surface area contributed by atoms with Crippen LogP contribution in [0.2, 0.25) is 0 Å². The number of rotatable bonds is 9. The van der Waals surface area contributed by atoms with E-state index in [2.05, 4.69) is 0 Å². The second-order valence-corrected chi connectivity index (χ2v) is 8.15. The third kappa shape index (κ3) is 9.68. The summed E-state index contributed by atoms with van der Waals surface area (Å²) in [7, 11) is 0. The zero-order valence-corrected chi connectivity index (χ0v) is 16.1. The quantitative estimate of drug-likeness (QED) is 0.611. The average Bonchev–Trinajstić information content (AvgIpc) is 2.49. The topological polar surface area (TPSA) is 92.9 Å². The molecule has 1 rings (SSSR count). The zero-order valence-electron chi connectivity index (χ0n) is 16.1. The van der Waals surface area contributed by atoms with Crippen LogP contribution >= 0.6 is 0 Å². The van der Waals surface area contributed by atoms with Crippen LogP contribution in [0.1, 0.15) is 85.0 Å². The maximum absolute atomic E-state index is 12.6. The Hall–Kier alpha value is -1.30. The fraction of sp³-hybridized carbons (Fsp3) is 0.895. The van der Waals surface area contributed by atoms with E-state index in [9.17, 15) is 9.59 Å². The molecule has 0 saturated heterocycles. The minimum absolute atomic E-state index is 0.223. The molecule has 146 valence electrons. The van der Waals surface area contributed by atoms with Crippen molar-refractivity contribution in [2.45, 2.75) is 103 Å². The summed E-state index contributed by atoms with van der Waals surface area (Å²) in [5.74, 6) is -0.730. The second kappa shape index (κ2) is 10.6. The molecule has 6 nitrogen and oxygen atoms in total. The Kier molecular flexibility index (Phi) is 9.25. The molecule has 3 N–H and O–H groups in total. The van der Waals surface area contributed by atoms with Crippen molar-refractivity contribution >= 4 is 12.1 Å². The lowest BCUT2D eigenvalue weighted by molar-refractivity contribution is -0.137. The van der Waals surface area contributed by atoms with E-state index in [0.29, 0.717) is 6.54 Å². The van der Waals surface area contributed by atoms with Crippen molar-refractivity contribution in [2.24, 2.45) is 5.73 Å². The van der Waals surface area contributed by atoms with Crippen LogP contribution in [0.15, 0.2) is 0 Å². The van der Waals surface area contributed by atoms with Gasteiger partial charge in [0, 0.05) is 25.0 Å². The Labute approximate surface area is 152 Å². The maximum atomic E-state index is 12.6. The second-order valence-electron chi connectivity index (χ2n) is 8.15. The predicted molar refractivity (Wildman–Crippen MR) is 98.5 cm³/mol. The number of carbonyl (C=O) groups excluding carboxylic acids is 1. The van der Waals surface area contributed by atoms with Crippen LogP contribution in [-0.4, -0.2) is 46.3 Å². The molecular weight excluding hydrogens is 320 g/mol. The summed E-state index contributed by atoms with van der Waals surface area (Å²) in [4.78, 5) is 25.0. The van der Waals surface area contributed by atoms with Gasteiger partial charge in [-0.25, -0.2) is 4.79 Å². The molecule has 0 bridgehead atoms. The number of carboxylic acid groups (broad SMARTS) is 1. The highest BCUT2D eigenvalue weighted by Gasteiger charge is 2.30. The minimum Gasteiger partial charge on any atom is -0.481 e. The number of carbonyl (C=O) groups is 2. The lowest BCUT2D eigenvalue weighted by Gasteiger charge is -2.37. The summed E-state index contributed by atoms with van der Waals surface area (Å²) >= 11 is 0. The Morgan fingerprint density at radius 3 is 2.16 bits per heavy atom. The predicted octanol–water partition coefficient (Wildman–Crippen LogP) is 3.92. The number of amides is 1. The van der Waals surface area contributed by atoms with E-state index in [1.54, 1.807) is 0 Å². The van der Waals surface area contributed by atoms with Gasteiger partial charge in [-0.3, -0.25) is 4.79 Å².